The third kappa shape index (κ3) is 6.03. The van der Waals surface area contributed by atoms with Crippen molar-refractivity contribution in [1.29, 1.82) is 0 Å². The quantitative estimate of drug-likeness (QED) is 0.652. The van der Waals surface area contributed by atoms with Crippen molar-refractivity contribution in [3.8, 4) is 5.75 Å². The predicted octanol–water partition coefficient (Wildman–Crippen LogP) is 3.83. The van der Waals surface area contributed by atoms with Crippen LogP contribution in [0.15, 0.2) is 42.6 Å². The molecule has 4 rings (SSSR count). The number of nitrogens with zero attached hydrogens (tertiary/aromatic N) is 4. The fourth-order valence-electron chi connectivity index (χ4n) is 4.33. The molecule has 2 fully saturated rings. The lowest BCUT2D eigenvalue weighted by Crippen LogP contribution is -2.50. The SMILES string of the molecule is O=C(COc1ccc(Cl)cc1Cl)N1CCCC(CN2CCN(c3ccccn3)CC2)C1. The van der Waals surface area contributed by atoms with E-state index in [0.717, 1.165) is 64.5 Å². The van der Waals surface area contributed by atoms with E-state index in [1.54, 1.807) is 18.2 Å². The van der Waals surface area contributed by atoms with E-state index in [2.05, 4.69) is 20.9 Å². The Labute approximate surface area is 193 Å². The minimum Gasteiger partial charge on any atom is -0.482 e. The molecule has 1 atom stereocenters. The molecule has 0 radical (unpaired) electrons. The average molecular weight is 463 g/mol. The number of carbonyl (C=O) groups excluding carboxylic acids is 1. The van der Waals surface area contributed by atoms with E-state index in [0.29, 0.717) is 21.7 Å². The van der Waals surface area contributed by atoms with Gasteiger partial charge in [0.1, 0.15) is 11.6 Å². The zero-order valence-corrected chi connectivity index (χ0v) is 19.1. The van der Waals surface area contributed by atoms with Crippen LogP contribution in [0.5, 0.6) is 5.75 Å². The number of pyridine rings is 1. The van der Waals surface area contributed by atoms with Crippen molar-refractivity contribution in [3.05, 3.63) is 52.6 Å². The molecule has 8 heteroatoms. The highest BCUT2D eigenvalue weighted by atomic mass is 35.5. The Bertz CT molecular complexity index is 875. The summed E-state index contributed by atoms with van der Waals surface area (Å²) in [6.45, 7) is 6.64. The zero-order valence-electron chi connectivity index (χ0n) is 17.6. The van der Waals surface area contributed by atoms with Gasteiger partial charge in [-0.3, -0.25) is 9.69 Å². The lowest BCUT2D eigenvalue weighted by Gasteiger charge is -2.39. The summed E-state index contributed by atoms with van der Waals surface area (Å²) >= 11 is 12.0. The molecule has 2 saturated heterocycles. The van der Waals surface area contributed by atoms with Crippen molar-refractivity contribution >= 4 is 34.9 Å². The van der Waals surface area contributed by atoms with Crippen LogP contribution in [0.25, 0.3) is 0 Å². The van der Waals surface area contributed by atoms with E-state index in [1.807, 2.05) is 23.2 Å². The number of anilines is 1. The molecule has 0 N–H and O–H groups in total. The first kappa shape index (κ1) is 22.2. The van der Waals surface area contributed by atoms with Gasteiger partial charge in [0.2, 0.25) is 0 Å². The number of benzene rings is 1. The van der Waals surface area contributed by atoms with Gasteiger partial charge in [-0.2, -0.15) is 0 Å². The highest BCUT2D eigenvalue weighted by Gasteiger charge is 2.27. The van der Waals surface area contributed by atoms with Gasteiger partial charge in [-0.15, -0.1) is 0 Å². The molecule has 2 aromatic rings. The summed E-state index contributed by atoms with van der Waals surface area (Å²) in [6.07, 6.45) is 4.04. The third-order valence-corrected chi connectivity index (χ3v) is 6.51. The predicted molar refractivity (Wildman–Crippen MR) is 124 cm³/mol. The number of piperidine rings is 1. The van der Waals surface area contributed by atoms with Crippen LogP contribution in [-0.2, 0) is 4.79 Å². The van der Waals surface area contributed by atoms with Crippen LogP contribution in [0.3, 0.4) is 0 Å². The Hall–Kier alpha value is -2.02. The summed E-state index contributed by atoms with van der Waals surface area (Å²) in [5, 5.41) is 0.963. The molecule has 166 valence electrons. The van der Waals surface area contributed by atoms with Crippen LogP contribution in [-0.4, -0.2) is 73.1 Å². The van der Waals surface area contributed by atoms with Crippen molar-refractivity contribution in [2.24, 2.45) is 5.92 Å². The number of amides is 1. The molecule has 0 aliphatic carbocycles. The fraction of sp³-hybridized carbons (Fsp3) is 0.478. The van der Waals surface area contributed by atoms with E-state index < -0.39 is 0 Å². The molecule has 6 nitrogen and oxygen atoms in total. The van der Waals surface area contributed by atoms with Crippen LogP contribution in [0.1, 0.15) is 12.8 Å². The number of halogens is 2. The van der Waals surface area contributed by atoms with Crippen LogP contribution < -0.4 is 9.64 Å². The second-order valence-electron chi connectivity index (χ2n) is 8.19. The van der Waals surface area contributed by atoms with Crippen molar-refractivity contribution in [2.75, 3.05) is 57.3 Å². The molecule has 2 aliphatic rings. The third-order valence-electron chi connectivity index (χ3n) is 5.98. The van der Waals surface area contributed by atoms with Gasteiger partial charge >= 0.3 is 0 Å². The van der Waals surface area contributed by atoms with Gasteiger partial charge in [-0.05, 0) is 49.1 Å². The first-order chi connectivity index (χ1) is 15.1. The maximum atomic E-state index is 12.7. The van der Waals surface area contributed by atoms with Crippen LogP contribution >= 0.6 is 23.2 Å². The Morgan fingerprint density at radius 2 is 1.94 bits per heavy atom. The molecular formula is C23H28Cl2N4O2. The van der Waals surface area contributed by atoms with Crippen LogP contribution in [0.4, 0.5) is 5.82 Å². The highest BCUT2D eigenvalue weighted by Crippen LogP contribution is 2.27. The largest absolute Gasteiger partial charge is 0.482 e. The van der Waals surface area contributed by atoms with Gasteiger partial charge < -0.3 is 14.5 Å². The molecule has 2 aliphatic heterocycles. The lowest BCUT2D eigenvalue weighted by molar-refractivity contribution is -0.135. The molecule has 31 heavy (non-hydrogen) atoms. The van der Waals surface area contributed by atoms with Crippen LogP contribution in [0.2, 0.25) is 10.0 Å². The van der Waals surface area contributed by atoms with E-state index >= 15 is 0 Å². The topological polar surface area (TPSA) is 48.9 Å². The second-order valence-corrected chi connectivity index (χ2v) is 9.03. The Morgan fingerprint density at radius 1 is 1.10 bits per heavy atom. The molecule has 1 aromatic heterocycles. The van der Waals surface area contributed by atoms with Gasteiger partial charge in [-0.25, -0.2) is 4.98 Å². The minimum atomic E-state index is -0.00315. The van der Waals surface area contributed by atoms with Crippen molar-refractivity contribution in [1.82, 2.24) is 14.8 Å². The number of hydrogen-bond acceptors (Lipinski definition) is 5. The van der Waals surface area contributed by atoms with E-state index in [1.165, 1.54) is 0 Å². The maximum Gasteiger partial charge on any atom is 0.260 e. The molecule has 0 saturated carbocycles. The summed E-state index contributed by atoms with van der Waals surface area (Å²) in [6, 6.07) is 11.1. The fourth-order valence-corrected chi connectivity index (χ4v) is 4.79. The summed E-state index contributed by atoms with van der Waals surface area (Å²) in [7, 11) is 0. The summed E-state index contributed by atoms with van der Waals surface area (Å²) in [5.74, 6) is 2.05. The van der Waals surface area contributed by atoms with Gasteiger partial charge in [0.25, 0.3) is 5.91 Å². The minimum absolute atomic E-state index is 0.00315. The molecule has 0 bridgehead atoms. The molecule has 1 amide bonds. The van der Waals surface area contributed by atoms with E-state index in [-0.39, 0.29) is 12.5 Å². The molecule has 1 aromatic carbocycles. The van der Waals surface area contributed by atoms with E-state index in [4.69, 9.17) is 27.9 Å². The Balaban J connectivity index is 1.22. The molecule has 1 unspecified atom stereocenters. The second kappa shape index (κ2) is 10.5. The lowest BCUT2D eigenvalue weighted by atomic mass is 9.97. The van der Waals surface area contributed by atoms with Gasteiger partial charge in [0.05, 0.1) is 5.02 Å². The number of aromatic nitrogens is 1. The molecule has 0 spiro atoms. The highest BCUT2D eigenvalue weighted by molar-refractivity contribution is 6.35. The standard InChI is InChI=1S/C23H28Cl2N4O2/c24-19-6-7-21(20(25)14-19)31-17-23(30)29-9-3-4-18(16-29)15-27-10-12-28(13-11-27)22-5-1-2-8-26-22/h1-2,5-8,14,18H,3-4,9-13,15-17H2. The molecule has 3 heterocycles. The van der Waals surface area contributed by atoms with Crippen molar-refractivity contribution < 1.29 is 9.53 Å². The number of rotatable bonds is 6. The summed E-state index contributed by atoms with van der Waals surface area (Å²) < 4.78 is 5.64. The smallest absolute Gasteiger partial charge is 0.260 e. The zero-order chi connectivity index (χ0) is 21.6. The molecular weight excluding hydrogens is 435 g/mol. The summed E-state index contributed by atoms with van der Waals surface area (Å²) in [5.41, 5.74) is 0. The first-order valence-electron chi connectivity index (χ1n) is 10.8. The normalized spacial score (nSPS) is 20.0. The number of piperazine rings is 1. The maximum absolute atomic E-state index is 12.7. The Morgan fingerprint density at radius 3 is 2.68 bits per heavy atom. The van der Waals surface area contributed by atoms with Gasteiger partial charge in [0.15, 0.2) is 6.61 Å². The van der Waals surface area contributed by atoms with Gasteiger partial charge in [0, 0.05) is 57.0 Å². The van der Waals surface area contributed by atoms with E-state index in [9.17, 15) is 4.79 Å². The van der Waals surface area contributed by atoms with Crippen molar-refractivity contribution in [2.45, 2.75) is 12.8 Å². The first-order valence-corrected chi connectivity index (χ1v) is 11.6. The summed E-state index contributed by atoms with van der Waals surface area (Å²) in [4.78, 5) is 23.9. The number of ether oxygens (including phenoxy) is 1. The van der Waals surface area contributed by atoms with Crippen molar-refractivity contribution in [3.63, 3.8) is 0 Å². The van der Waals surface area contributed by atoms with Gasteiger partial charge in [-0.1, -0.05) is 29.3 Å². The number of hydrogen-bond donors (Lipinski definition) is 0. The van der Waals surface area contributed by atoms with Crippen LogP contribution in [0, 0.1) is 5.92 Å². The number of likely N-dealkylation sites (tertiary alicyclic amines) is 1. The Kier molecular flexibility index (Phi) is 7.54. The average Bonchev–Trinajstić information content (AvgIpc) is 2.79. The monoisotopic (exact) mass is 462 g/mol. The number of carbonyl (C=O) groups is 1.